The number of Topliss-reactive ketones (excluding diaryl/α,β-unsaturated/α-hetero) is 1. The molecule has 1 unspecified atom stereocenters. The number of hydrogen-bond acceptors (Lipinski definition) is 3. The molecule has 1 fully saturated rings. The Kier molecular flexibility index (Phi) is 3.08. The van der Waals surface area contributed by atoms with Gasteiger partial charge in [-0.1, -0.05) is 6.08 Å². The molecule has 1 aliphatic rings. The molecule has 15 heavy (non-hydrogen) atoms. The number of aliphatic carboxylic acids is 1. The molecule has 2 N–H and O–H groups in total. The number of allylic oxidation sites excluding steroid dienone is 1. The molecule has 0 saturated carbocycles. The van der Waals surface area contributed by atoms with Gasteiger partial charge in [-0.05, 0) is 6.42 Å². The number of rotatable bonds is 3. The van der Waals surface area contributed by atoms with Crippen LogP contribution >= 0.6 is 0 Å². The van der Waals surface area contributed by atoms with Gasteiger partial charge in [0.25, 0.3) is 0 Å². The Hall–Kier alpha value is -1.85. The van der Waals surface area contributed by atoms with Crippen molar-refractivity contribution in [3.05, 3.63) is 12.7 Å². The lowest BCUT2D eigenvalue weighted by Gasteiger charge is -2.19. The van der Waals surface area contributed by atoms with E-state index in [1.165, 1.54) is 6.08 Å². The van der Waals surface area contributed by atoms with E-state index in [0.29, 0.717) is 4.90 Å². The maximum atomic E-state index is 11.4. The maximum absolute atomic E-state index is 11.4. The van der Waals surface area contributed by atoms with E-state index in [2.05, 4.69) is 6.58 Å². The molecule has 1 heterocycles. The fourth-order valence-corrected chi connectivity index (χ4v) is 1.71. The van der Waals surface area contributed by atoms with Crippen LogP contribution in [-0.2, 0) is 9.59 Å². The van der Waals surface area contributed by atoms with Crippen LogP contribution in [0.25, 0.3) is 0 Å². The van der Waals surface area contributed by atoms with E-state index >= 15 is 0 Å². The summed E-state index contributed by atoms with van der Waals surface area (Å²) in [5, 5.41) is 17.6. The van der Waals surface area contributed by atoms with E-state index in [4.69, 9.17) is 10.2 Å². The molecule has 0 spiro atoms. The van der Waals surface area contributed by atoms with Crippen LogP contribution in [0.4, 0.5) is 4.79 Å². The molecular weight excluding hydrogens is 202 g/mol. The summed E-state index contributed by atoms with van der Waals surface area (Å²) < 4.78 is 0. The molecule has 1 saturated heterocycles. The fraction of sp³-hybridized carbons (Fsp3) is 0.444. The van der Waals surface area contributed by atoms with Crippen molar-refractivity contribution in [3.63, 3.8) is 0 Å². The minimum Gasteiger partial charge on any atom is -0.480 e. The van der Waals surface area contributed by atoms with Crippen LogP contribution in [0.2, 0.25) is 0 Å². The van der Waals surface area contributed by atoms with Crippen molar-refractivity contribution in [3.8, 4) is 0 Å². The smallest absolute Gasteiger partial charge is 0.408 e. The first-order chi connectivity index (χ1) is 6.99. The van der Waals surface area contributed by atoms with E-state index in [0.717, 1.165) is 0 Å². The number of amides is 1. The third-order valence-electron chi connectivity index (χ3n) is 2.38. The first-order valence-corrected chi connectivity index (χ1v) is 4.35. The van der Waals surface area contributed by atoms with Gasteiger partial charge >= 0.3 is 12.1 Å². The van der Waals surface area contributed by atoms with Crippen molar-refractivity contribution in [2.75, 3.05) is 6.54 Å². The van der Waals surface area contributed by atoms with Crippen LogP contribution in [0.5, 0.6) is 0 Å². The second kappa shape index (κ2) is 4.12. The van der Waals surface area contributed by atoms with Gasteiger partial charge in [0.2, 0.25) is 0 Å². The van der Waals surface area contributed by atoms with Gasteiger partial charge in [-0.2, -0.15) is 0 Å². The maximum Gasteiger partial charge on any atom is 0.408 e. The monoisotopic (exact) mass is 213 g/mol. The molecule has 1 amide bonds. The molecule has 82 valence electrons. The topological polar surface area (TPSA) is 94.9 Å². The van der Waals surface area contributed by atoms with E-state index < -0.39 is 24.0 Å². The van der Waals surface area contributed by atoms with E-state index in [1.54, 1.807) is 0 Å². The average Bonchev–Trinajstić information content (AvgIpc) is 2.45. The standard InChI is InChI=1S/C9H11NO5/c1-2-3-5-6(11)4-10(9(14)15)7(5)8(12)13/h2,5,7H,1,3-4H2,(H,12,13)(H,14,15)/t5?,7-/m0/s1. The second-order valence-electron chi connectivity index (χ2n) is 3.29. The van der Waals surface area contributed by atoms with Crippen LogP contribution in [0, 0.1) is 5.92 Å². The molecule has 0 aromatic rings. The molecule has 0 bridgehead atoms. The van der Waals surface area contributed by atoms with Gasteiger partial charge in [0, 0.05) is 0 Å². The summed E-state index contributed by atoms with van der Waals surface area (Å²) in [6, 6.07) is -1.28. The lowest BCUT2D eigenvalue weighted by Crippen LogP contribution is -2.42. The molecule has 0 aliphatic carbocycles. The van der Waals surface area contributed by atoms with E-state index in [-0.39, 0.29) is 18.7 Å². The number of likely N-dealkylation sites (tertiary alicyclic amines) is 1. The van der Waals surface area contributed by atoms with Crippen molar-refractivity contribution in [2.45, 2.75) is 12.5 Å². The number of carboxylic acid groups (broad SMARTS) is 2. The highest BCUT2D eigenvalue weighted by atomic mass is 16.4. The molecule has 0 aromatic carbocycles. The van der Waals surface area contributed by atoms with Gasteiger partial charge in [-0.25, -0.2) is 9.59 Å². The molecule has 0 radical (unpaired) electrons. The minimum absolute atomic E-state index is 0.180. The molecular formula is C9H11NO5. The highest BCUT2D eigenvalue weighted by molar-refractivity contribution is 5.96. The predicted molar refractivity (Wildman–Crippen MR) is 49.5 cm³/mol. The van der Waals surface area contributed by atoms with Gasteiger partial charge in [0.1, 0.15) is 6.04 Å². The lowest BCUT2D eigenvalue weighted by molar-refractivity contribution is -0.143. The van der Waals surface area contributed by atoms with Crippen molar-refractivity contribution in [1.82, 2.24) is 4.90 Å². The summed E-state index contributed by atoms with van der Waals surface area (Å²) in [5.41, 5.74) is 0. The van der Waals surface area contributed by atoms with Crippen LogP contribution in [0.3, 0.4) is 0 Å². The Balaban J connectivity index is 2.97. The number of ketones is 1. The number of hydrogen-bond donors (Lipinski definition) is 2. The Bertz CT molecular complexity index is 324. The quantitative estimate of drug-likeness (QED) is 0.653. The first-order valence-electron chi connectivity index (χ1n) is 4.35. The predicted octanol–water partition coefficient (Wildman–Crippen LogP) is 0.195. The van der Waals surface area contributed by atoms with Crippen LogP contribution in [0.1, 0.15) is 6.42 Å². The van der Waals surface area contributed by atoms with E-state index in [1.807, 2.05) is 0 Å². The zero-order valence-corrected chi connectivity index (χ0v) is 7.92. The van der Waals surface area contributed by atoms with Crippen molar-refractivity contribution in [1.29, 1.82) is 0 Å². The third kappa shape index (κ3) is 1.98. The molecule has 1 rings (SSSR count). The van der Waals surface area contributed by atoms with Crippen LogP contribution in [-0.4, -0.2) is 45.5 Å². The molecule has 6 nitrogen and oxygen atoms in total. The Morgan fingerprint density at radius 1 is 1.53 bits per heavy atom. The minimum atomic E-state index is -1.39. The normalized spacial score (nSPS) is 25.3. The second-order valence-corrected chi connectivity index (χ2v) is 3.29. The van der Waals surface area contributed by atoms with Crippen LogP contribution < -0.4 is 0 Å². The highest BCUT2D eigenvalue weighted by Gasteiger charge is 2.46. The summed E-state index contributed by atoms with van der Waals surface area (Å²) in [4.78, 5) is 33.6. The van der Waals surface area contributed by atoms with Crippen molar-refractivity contribution >= 4 is 17.8 Å². The zero-order valence-electron chi connectivity index (χ0n) is 7.92. The summed E-state index contributed by atoms with van der Waals surface area (Å²) >= 11 is 0. The Morgan fingerprint density at radius 2 is 2.13 bits per heavy atom. The molecule has 1 aliphatic heterocycles. The summed E-state index contributed by atoms with van der Waals surface area (Å²) in [7, 11) is 0. The summed E-state index contributed by atoms with van der Waals surface area (Å²) in [5.74, 6) is -2.48. The number of carbonyl (C=O) groups excluding carboxylic acids is 1. The van der Waals surface area contributed by atoms with Gasteiger partial charge in [0.05, 0.1) is 12.5 Å². The van der Waals surface area contributed by atoms with Crippen molar-refractivity contribution in [2.24, 2.45) is 5.92 Å². The molecule has 0 aromatic heterocycles. The van der Waals surface area contributed by atoms with Gasteiger partial charge in [0.15, 0.2) is 5.78 Å². The van der Waals surface area contributed by atoms with E-state index in [9.17, 15) is 14.4 Å². The zero-order chi connectivity index (χ0) is 11.6. The Labute approximate surface area is 85.8 Å². The lowest BCUT2D eigenvalue weighted by atomic mass is 9.96. The number of carbonyl (C=O) groups is 3. The summed E-state index contributed by atoms with van der Waals surface area (Å²) in [6.07, 6.45) is 0.214. The van der Waals surface area contributed by atoms with Gasteiger partial charge in [-0.3, -0.25) is 9.69 Å². The fourth-order valence-electron chi connectivity index (χ4n) is 1.71. The largest absolute Gasteiger partial charge is 0.480 e. The number of nitrogens with zero attached hydrogens (tertiary/aromatic N) is 1. The SMILES string of the molecule is C=CCC1C(=O)CN(C(=O)O)[C@@H]1C(=O)O. The highest BCUT2D eigenvalue weighted by Crippen LogP contribution is 2.25. The molecule has 2 atom stereocenters. The van der Waals surface area contributed by atoms with Gasteiger partial charge < -0.3 is 10.2 Å². The summed E-state index contributed by atoms with van der Waals surface area (Å²) in [6.45, 7) is 3.05. The Morgan fingerprint density at radius 3 is 2.53 bits per heavy atom. The number of carboxylic acids is 1. The average molecular weight is 213 g/mol. The van der Waals surface area contributed by atoms with Crippen LogP contribution in [0.15, 0.2) is 12.7 Å². The van der Waals surface area contributed by atoms with Crippen molar-refractivity contribution < 1.29 is 24.6 Å². The molecule has 6 heteroatoms. The van der Waals surface area contributed by atoms with Gasteiger partial charge in [-0.15, -0.1) is 6.58 Å². The third-order valence-corrected chi connectivity index (χ3v) is 2.38. The first kappa shape index (κ1) is 11.2.